The molecular weight excluding hydrogens is 186 g/mol. The highest BCUT2D eigenvalue weighted by molar-refractivity contribution is 5.87. The van der Waals surface area contributed by atoms with E-state index in [1.807, 2.05) is 19.1 Å². The first-order valence-electron chi connectivity index (χ1n) is 5.64. The van der Waals surface area contributed by atoms with E-state index in [1.165, 1.54) is 0 Å². The van der Waals surface area contributed by atoms with Crippen molar-refractivity contribution in [1.82, 2.24) is 4.98 Å². The molecule has 2 heteroatoms. The van der Waals surface area contributed by atoms with E-state index in [0.29, 0.717) is 5.78 Å². The van der Waals surface area contributed by atoms with Gasteiger partial charge in [0.2, 0.25) is 0 Å². The number of hydrogen-bond acceptors (Lipinski definition) is 2. The maximum Gasteiger partial charge on any atom is 0.143 e. The molecule has 0 aromatic carbocycles. The summed E-state index contributed by atoms with van der Waals surface area (Å²) < 4.78 is 0. The number of Topliss-reactive ketones (excluding diaryl/α,β-unsaturated/α-hetero) is 1. The van der Waals surface area contributed by atoms with E-state index in [4.69, 9.17) is 0 Å². The highest BCUT2D eigenvalue weighted by atomic mass is 16.1. The van der Waals surface area contributed by atoms with Gasteiger partial charge in [-0.1, -0.05) is 20.8 Å². The number of carbonyl (C=O) groups excluding carboxylic acids is 1. The molecule has 2 nitrogen and oxygen atoms in total. The van der Waals surface area contributed by atoms with Gasteiger partial charge in [-0.2, -0.15) is 0 Å². The van der Waals surface area contributed by atoms with Gasteiger partial charge in [0.15, 0.2) is 0 Å². The van der Waals surface area contributed by atoms with Gasteiger partial charge in [0, 0.05) is 24.2 Å². The molecule has 0 bridgehead atoms. The van der Waals surface area contributed by atoms with Gasteiger partial charge in [-0.3, -0.25) is 9.78 Å². The van der Waals surface area contributed by atoms with Crippen LogP contribution in [0.4, 0.5) is 0 Å². The molecule has 1 atom stereocenters. The van der Waals surface area contributed by atoms with E-state index >= 15 is 0 Å². The Bertz CT molecular complexity index is 304. The average molecular weight is 205 g/mol. The highest BCUT2D eigenvalue weighted by Gasteiger charge is 2.21. The van der Waals surface area contributed by atoms with Crippen molar-refractivity contribution in [2.24, 2.45) is 5.92 Å². The Morgan fingerprint density at radius 1 is 1.27 bits per heavy atom. The summed E-state index contributed by atoms with van der Waals surface area (Å²) in [6, 6.07) is 3.84. The van der Waals surface area contributed by atoms with Crippen molar-refractivity contribution in [3.63, 3.8) is 0 Å². The summed E-state index contributed by atoms with van der Waals surface area (Å²) >= 11 is 0. The number of hydrogen-bond donors (Lipinski definition) is 0. The van der Waals surface area contributed by atoms with E-state index in [0.717, 1.165) is 18.4 Å². The quantitative estimate of drug-likeness (QED) is 0.739. The van der Waals surface area contributed by atoms with Crippen molar-refractivity contribution >= 4 is 5.78 Å². The van der Waals surface area contributed by atoms with E-state index in [9.17, 15) is 4.79 Å². The topological polar surface area (TPSA) is 30.0 Å². The maximum atomic E-state index is 12.1. The van der Waals surface area contributed by atoms with Crippen molar-refractivity contribution in [3.8, 4) is 0 Å². The molecule has 0 saturated carbocycles. The molecule has 0 radical (unpaired) electrons. The fourth-order valence-electron chi connectivity index (χ4n) is 1.86. The molecule has 0 fully saturated rings. The highest BCUT2D eigenvalue weighted by Crippen LogP contribution is 2.22. The summed E-state index contributed by atoms with van der Waals surface area (Å²) in [5.74, 6) is 0.553. The molecule has 1 aromatic rings. The molecule has 0 amide bonds. The number of rotatable bonds is 5. The van der Waals surface area contributed by atoms with Crippen LogP contribution in [0.15, 0.2) is 24.5 Å². The summed E-state index contributed by atoms with van der Waals surface area (Å²) in [4.78, 5) is 16.0. The van der Waals surface area contributed by atoms with Gasteiger partial charge >= 0.3 is 0 Å². The molecule has 82 valence electrons. The molecule has 15 heavy (non-hydrogen) atoms. The minimum Gasteiger partial charge on any atom is -0.299 e. The van der Waals surface area contributed by atoms with Gasteiger partial charge in [-0.05, 0) is 30.5 Å². The van der Waals surface area contributed by atoms with Gasteiger partial charge in [0.1, 0.15) is 5.78 Å². The van der Waals surface area contributed by atoms with E-state index < -0.39 is 0 Å². The molecule has 1 aromatic heterocycles. The molecule has 0 aliphatic carbocycles. The van der Waals surface area contributed by atoms with Crippen molar-refractivity contribution < 1.29 is 4.79 Å². The zero-order chi connectivity index (χ0) is 11.3. The number of aromatic nitrogens is 1. The first-order chi connectivity index (χ1) is 7.20. The molecule has 0 N–H and O–H groups in total. The van der Waals surface area contributed by atoms with E-state index in [2.05, 4.69) is 18.8 Å². The van der Waals surface area contributed by atoms with E-state index in [-0.39, 0.29) is 11.8 Å². The predicted octanol–water partition coefficient (Wildman–Crippen LogP) is 3.19. The van der Waals surface area contributed by atoms with Crippen LogP contribution in [0, 0.1) is 5.92 Å². The van der Waals surface area contributed by atoms with E-state index in [1.54, 1.807) is 12.4 Å². The van der Waals surface area contributed by atoms with Crippen LogP contribution < -0.4 is 0 Å². The first-order valence-corrected chi connectivity index (χ1v) is 5.64. The SMILES string of the molecule is CCC(CC)C(=O)C(C)c1ccncc1. The Balaban J connectivity index is 2.76. The Morgan fingerprint density at radius 3 is 2.27 bits per heavy atom. The molecule has 0 aliphatic rings. The van der Waals surface area contributed by atoms with Crippen LogP contribution in [0.1, 0.15) is 45.1 Å². The lowest BCUT2D eigenvalue weighted by molar-refractivity contribution is -0.124. The predicted molar refractivity (Wildman–Crippen MR) is 61.7 cm³/mol. The van der Waals surface area contributed by atoms with Gasteiger partial charge in [-0.25, -0.2) is 0 Å². The van der Waals surface area contributed by atoms with Gasteiger partial charge < -0.3 is 0 Å². The summed E-state index contributed by atoms with van der Waals surface area (Å²) in [5, 5.41) is 0. The lowest BCUT2D eigenvalue weighted by Crippen LogP contribution is -2.19. The summed E-state index contributed by atoms with van der Waals surface area (Å²) in [6.45, 7) is 6.13. The second-order valence-electron chi connectivity index (χ2n) is 3.92. The molecular formula is C13H19NO. The third-order valence-electron chi connectivity index (χ3n) is 3.02. The molecule has 1 heterocycles. The summed E-state index contributed by atoms with van der Waals surface area (Å²) in [5.41, 5.74) is 1.07. The number of pyridine rings is 1. The van der Waals surface area contributed by atoms with Crippen LogP contribution in [-0.2, 0) is 4.79 Å². The second kappa shape index (κ2) is 5.64. The van der Waals surface area contributed by atoms with Crippen LogP contribution in [0.25, 0.3) is 0 Å². The fraction of sp³-hybridized carbons (Fsp3) is 0.538. The second-order valence-corrected chi connectivity index (χ2v) is 3.92. The van der Waals surface area contributed by atoms with Gasteiger partial charge in [-0.15, -0.1) is 0 Å². The first kappa shape index (κ1) is 11.9. The normalized spacial score (nSPS) is 12.8. The Hall–Kier alpha value is -1.18. The Kier molecular flexibility index (Phi) is 4.47. The molecule has 1 rings (SSSR count). The van der Waals surface area contributed by atoms with Crippen molar-refractivity contribution in [1.29, 1.82) is 0 Å². The minimum atomic E-state index is -0.00194. The van der Waals surface area contributed by atoms with Crippen LogP contribution in [0.5, 0.6) is 0 Å². The maximum absolute atomic E-state index is 12.1. The van der Waals surface area contributed by atoms with Crippen molar-refractivity contribution in [2.45, 2.75) is 39.5 Å². The minimum absolute atomic E-state index is 0.00194. The summed E-state index contributed by atoms with van der Waals surface area (Å²) in [6.07, 6.45) is 5.35. The van der Waals surface area contributed by atoms with Crippen LogP contribution in [0.2, 0.25) is 0 Å². The van der Waals surface area contributed by atoms with Crippen LogP contribution in [0.3, 0.4) is 0 Å². The third kappa shape index (κ3) is 2.88. The van der Waals surface area contributed by atoms with Gasteiger partial charge in [0.25, 0.3) is 0 Å². The molecule has 0 spiro atoms. The number of nitrogens with zero attached hydrogens (tertiary/aromatic N) is 1. The molecule has 0 saturated heterocycles. The standard InChI is InChI=1S/C13H19NO/c1-4-11(5-2)13(15)10(3)12-6-8-14-9-7-12/h6-11H,4-5H2,1-3H3. The molecule has 0 aliphatic heterocycles. The Labute approximate surface area is 91.7 Å². The Morgan fingerprint density at radius 2 is 1.80 bits per heavy atom. The zero-order valence-corrected chi connectivity index (χ0v) is 9.73. The lowest BCUT2D eigenvalue weighted by Gasteiger charge is -2.17. The smallest absolute Gasteiger partial charge is 0.143 e. The largest absolute Gasteiger partial charge is 0.299 e. The zero-order valence-electron chi connectivity index (χ0n) is 9.73. The van der Waals surface area contributed by atoms with Crippen molar-refractivity contribution in [2.75, 3.05) is 0 Å². The molecule has 1 unspecified atom stereocenters. The lowest BCUT2D eigenvalue weighted by atomic mass is 9.86. The number of carbonyl (C=O) groups is 1. The van der Waals surface area contributed by atoms with Crippen LogP contribution >= 0.6 is 0 Å². The van der Waals surface area contributed by atoms with Crippen LogP contribution in [-0.4, -0.2) is 10.8 Å². The summed E-state index contributed by atoms with van der Waals surface area (Å²) in [7, 11) is 0. The third-order valence-corrected chi connectivity index (χ3v) is 3.02. The number of ketones is 1. The fourth-order valence-corrected chi connectivity index (χ4v) is 1.86. The van der Waals surface area contributed by atoms with Crippen molar-refractivity contribution in [3.05, 3.63) is 30.1 Å². The average Bonchev–Trinajstić information content (AvgIpc) is 2.30. The van der Waals surface area contributed by atoms with Gasteiger partial charge in [0.05, 0.1) is 0 Å². The monoisotopic (exact) mass is 205 g/mol.